The van der Waals surface area contributed by atoms with Gasteiger partial charge in [-0.25, -0.2) is 0 Å². The number of aliphatic carboxylic acids is 1. The molecule has 1 unspecified atom stereocenters. The monoisotopic (exact) mass is 511 g/mol. The summed E-state index contributed by atoms with van der Waals surface area (Å²) in [6.45, 7) is 15.9. The second kappa shape index (κ2) is 12.6. The van der Waals surface area contributed by atoms with Crippen molar-refractivity contribution in [3.63, 3.8) is 0 Å². The highest BCUT2D eigenvalue weighted by atomic mass is 16.5. The number of hydrogen-bond acceptors (Lipinski definition) is 4. The lowest BCUT2D eigenvalue weighted by molar-refractivity contribution is -0.141. The van der Waals surface area contributed by atoms with E-state index in [0.717, 1.165) is 31.2 Å². The Morgan fingerprint density at radius 2 is 1.54 bits per heavy atom. The summed E-state index contributed by atoms with van der Waals surface area (Å²) in [6, 6.07) is 11.9. The average Bonchev–Trinajstić information content (AvgIpc) is 2.83. The molecule has 0 aliphatic rings. The van der Waals surface area contributed by atoms with Crippen LogP contribution in [0.1, 0.15) is 88.6 Å². The van der Waals surface area contributed by atoms with Gasteiger partial charge in [0.2, 0.25) is 0 Å². The zero-order chi connectivity index (χ0) is 28.0. The average molecular weight is 512 g/mol. The van der Waals surface area contributed by atoms with Gasteiger partial charge in [-0.3, -0.25) is 9.59 Å². The predicted octanol–water partition coefficient (Wildman–Crippen LogP) is 5.72. The smallest absolute Gasteiger partial charge is 0.325 e. The van der Waals surface area contributed by atoms with Crippen LogP contribution in [0, 0.1) is 19.3 Å². The zero-order valence-corrected chi connectivity index (χ0v) is 23.8. The Bertz CT molecular complexity index is 1080. The molecule has 6 nitrogen and oxygen atoms in total. The molecular formula is C31H45NO5. The lowest BCUT2D eigenvalue weighted by Gasteiger charge is -2.34. The van der Waals surface area contributed by atoms with Gasteiger partial charge in [0.25, 0.3) is 5.91 Å². The molecule has 2 rings (SSSR count). The summed E-state index contributed by atoms with van der Waals surface area (Å²) in [5.74, 6) is -0.956. The van der Waals surface area contributed by atoms with Crippen LogP contribution in [0.25, 0.3) is 0 Å². The Kier molecular flexibility index (Phi) is 10.3. The summed E-state index contributed by atoms with van der Waals surface area (Å²) >= 11 is 0. The molecule has 2 aromatic carbocycles. The van der Waals surface area contributed by atoms with Crippen LogP contribution in [0.15, 0.2) is 36.4 Å². The zero-order valence-electron chi connectivity index (χ0n) is 23.8. The third-order valence-electron chi connectivity index (χ3n) is 7.62. The fourth-order valence-electron chi connectivity index (χ4n) is 4.83. The quantitative estimate of drug-likeness (QED) is 0.339. The lowest BCUT2D eigenvalue weighted by atomic mass is 9.69. The summed E-state index contributed by atoms with van der Waals surface area (Å²) in [5.41, 5.74) is 5.61. The molecule has 1 amide bonds. The number of carboxylic acid groups (broad SMARTS) is 1. The fraction of sp³-hybridized carbons (Fsp3) is 0.548. The molecule has 0 saturated heterocycles. The number of carboxylic acids is 1. The van der Waals surface area contributed by atoms with E-state index < -0.39 is 17.9 Å². The number of aryl methyl sites for hydroxylation is 3. The van der Waals surface area contributed by atoms with E-state index in [9.17, 15) is 14.7 Å². The van der Waals surface area contributed by atoms with Crippen molar-refractivity contribution in [3.05, 3.63) is 64.2 Å². The van der Waals surface area contributed by atoms with Gasteiger partial charge in [-0.1, -0.05) is 65.0 Å². The predicted molar refractivity (Wildman–Crippen MR) is 148 cm³/mol. The summed E-state index contributed by atoms with van der Waals surface area (Å²) in [7, 11) is 0. The van der Waals surface area contributed by atoms with Crippen LogP contribution < -0.4 is 10.1 Å². The first kappa shape index (κ1) is 30.4. The first-order valence-electron chi connectivity index (χ1n) is 13.3. The molecule has 2 atom stereocenters. The summed E-state index contributed by atoms with van der Waals surface area (Å²) in [5, 5.41) is 21.8. The lowest BCUT2D eigenvalue weighted by Crippen LogP contribution is -2.40. The van der Waals surface area contributed by atoms with E-state index in [0.29, 0.717) is 5.75 Å². The van der Waals surface area contributed by atoms with Gasteiger partial charge in [0.05, 0.1) is 6.10 Å². The molecule has 0 heterocycles. The van der Waals surface area contributed by atoms with Gasteiger partial charge in [-0.2, -0.15) is 0 Å². The normalized spacial score (nSPS) is 13.6. The van der Waals surface area contributed by atoms with Crippen LogP contribution in [0.3, 0.4) is 0 Å². The number of hydrogen-bond donors (Lipinski definition) is 3. The van der Waals surface area contributed by atoms with Crippen molar-refractivity contribution in [2.24, 2.45) is 5.41 Å². The number of amides is 1. The van der Waals surface area contributed by atoms with Crippen molar-refractivity contribution < 1.29 is 24.5 Å². The van der Waals surface area contributed by atoms with Gasteiger partial charge in [-0.15, -0.1) is 0 Å². The Morgan fingerprint density at radius 3 is 2.03 bits per heavy atom. The number of aliphatic hydroxyl groups excluding tert-OH is 1. The summed E-state index contributed by atoms with van der Waals surface area (Å²) in [4.78, 5) is 23.0. The fourth-order valence-corrected chi connectivity index (χ4v) is 4.83. The summed E-state index contributed by atoms with van der Waals surface area (Å²) < 4.78 is 5.70. The molecule has 0 spiro atoms. The standard InChI is InChI=1S/C31H45NO5/c1-9-31(10-2,24-13-11-23(20(3)17-24)12-16-27(33)30(6,7)8)25-14-15-26(21(4)18-25)37-19-28(34)32-22(5)29(35)36/h11,13-15,17-18,22,27,33H,9-10,12,16,19H2,1-8H3,(H,32,34)(H,35,36)/t22?,27-/m1/s1. The minimum atomic E-state index is -1.09. The van der Waals surface area contributed by atoms with Gasteiger partial charge in [-0.05, 0) is 85.8 Å². The van der Waals surface area contributed by atoms with E-state index in [1.54, 1.807) is 0 Å². The first-order chi connectivity index (χ1) is 17.2. The summed E-state index contributed by atoms with van der Waals surface area (Å²) in [6.07, 6.45) is 3.11. The molecule has 0 fully saturated rings. The number of carbonyl (C=O) groups is 2. The van der Waals surface area contributed by atoms with Crippen molar-refractivity contribution >= 4 is 11.9 Å². The van der Waals surface area contributed by atoms with E-state index in [-0.39, 0.29) is 23.5 Å². The van der Waals surface area contributed by atoms with Crippen molar-refractivity contribution in [3.8, 4) is 5.75 Å². The minimum Gasteiger partial charge on any atom is -0.484 e. The van der Waals surface area contributed by atoms with Crippen LogP contribution in [0.2, 0.25) is 0 Å². The Hall–Kier alpha value is -2.86. The third-order valence-corrected chi connectivity index (χ3v) is 7.62. The van der Waals surface area contributed by atoms with Gasteiger partial charge in [0, 0.05) is 5.41 Å². The Morgan fingerprint density at radius 1 is 0.973 bits per heavy atom. The molecule has 0 radical (unpaired) electrons. The van der Waals surface area contributed by atoms with E-state index in [4.69, 9.17) is 9.84 Å². The van der Waals surface area contributed by atoms with E-state index in [2.05, 4.69) is 77.2 Å². The maximum absolute atomic E-state index is 12.0. The van der Waals surface area contributed by atoms with Crippen LogP contribution in [-0.2, 0) is 21.4 Å². The number of carbonyl (C=O) groups excluding carboxylic acids is 1. The van der Waals surface area contributed by atoms with Gasteiger partial charge in [0.1, 0.15) is 11.8 Å². The van der Waals surface area contributed by atoms with Crippen LogP contribution in [0.4, 0.5) is 0 Å². The highest BCUT2D eigenvalue weighted by molar-refractivity contribution is 5.84. The molecule has 2 aromatic rings. The maximum atomic E-state index is 12.0. The Balaban J connectivity index is 2.24. The molecule has 3 N–H and O–H groups in total. The van der Waals surface area contributed by atoms with Crippen LogP contribution in [0.5, 0.6) is 5.75 Å². The second-order valence-corrected chi connectivity index (χ2v) is 11.2. The molecule has 204 valence electrons. The van der Waals surface area contributed by atoms with Crippen molar-refractivity contribution in [2.45, 2.75) is 98.6 Å². The van der Waals surface area contributed by atoms with Crippen LogP contribution >= 0.6 is 0 Å². The number of rotatable bonds is 12. The molecule has 0 aromatic heterocycles. The first-order valence-corrected chi connectivity index (χ1v) is 13.3. The van der Waals surface area contributed by atoms with E-state index >= 15 is 0 Å². The van der Waals surface area contributed by atoms with Crippen molar-refractivity contribution in [2.75, 3.05) is 6.61 Å². The molecular weight excluding hydrogens is 466 g/mol. The SMILES string of the molecule is CCC(CC)(c1ccc(CC[C@@H](O)C(C)(C)C)c(C)c1)c1ccc(OCC(=O)NC(C)C(=O)O)c(C)c1. The minimum absolute atomic E-state index is 0.123. The number of nitrogens with one attached hydrogen (secondary N) is 1. The maximum Gasteiger partial charge on any atom is 0.325 e. The highest BCUT2D eigenvalue weighted by Gasteiger charge is 2.31. The molecule has 6 heteroatoms. The topological polar surface area (TPSA) is 95.9 Å². The number of ether oxygens (including phenoxy) is 1. The molecule has 0 saturated carbocycles. The largest absolute Gasteiger partial charge is 0.484 e. The van der Waals surface area contributed by atoms with Crippen molar-refractivity contribution in [1.82, 2.24) is 5.32 Å². The third kappa shape index (κ3) is 7.57. The molecule has 0 aliphatic carbocycles. The van der Waals surface area contributed by atoms with Crippen molar-refractivity contribution in [1.29, 1.82) is 0 Å². The number of benzene rings is 2. The molecule has 0 bridgehead atoms. The molecule has 0 aliphatic heterocycles. The highest BCUT2D eigenvalue weighted by Crippen LogP contribution is 2.41. The van der Waals surface area contributed by atoms with E-state index in [1.165, 1.54) is 29.2 Å². The van der Waals surface area contributed by atoms with Gasteiger partial charge >= 0.3 is 5.97 Å². The second-order valence-electron chi connectivity index (χ2n) is 11.2. The van der Waals surface area contributed by atoms with E-state index in [1.807, 2.05) is 13.0 Å². The van der Waals surface area contributed by atoms with Gasteiger partial charge < -0.3 is 20.3 Å². The van der Waals surface area contributed by atoms with Crippen LogP contribution in [-0.4, -0.2) is 40.8 Å². The number of aliphatic hydroxyl groups is 1. The molecule has 37 heavy (non-hydrogen) atoms. The van der Waals surface area contributed by atoms with Gasteiger partial charge in [0.15, 0.2) is 6.61 Å². The Labute approximate surface area is 222 Å².